The van der Waals surface area contributed by atoms with Gasteiger partial charge in [0.05, 0.1) is 27.1 Å². The second kappa shape index (κ2) is 16.9. The molecule has 0 aliphatic carbocycles. The van der Waals surface area contributed by atoms with Gasteiger partial charge in [-0.2, -0.15) is 0 Å². The fraction of sp³-hybridized carbons (Fsp3) is 0.889. The molecule has 0 aliphatic heterocycles. The van der Waals surface area contributed by atoms with Crippen LogP contribution in [0, 0.1) is 10.8 Å². The summed E-state index contributed by atoms with van der Waals surface area (Å²) in [5.74, 6) is -0.474. The molecule has 7 nitrogen and oxygen atoms in total. The van der Waals surface area contributed by atoms with Crippen LogP contribution in [0.3, 0.4) is 0 Å². The van der Waals surface area contributed by atoms with Gasteiger partial charge in [0.25, 0.3) is 0 Å². The van der Waals surface area contributed by atoms with Gasteiger partial charge in [0.1, 0.15) is 6.10 Å². The molecule has 0 aromatic rings. The summed E-state index contributed by atoms with van der Waals surface area (Å²) in [6, 6.07) is 0. The van der Waals surface area contributed by atoms with Crippen LogP contribution in [0.15, 0.2) is 0 Å². The Bertz CT molecular complexity index is 562. The average Bonchev–Trinajstić information content (AvgIpc) is 2.72. The van der Waals surface area contributed by atoms with E-state index in [4.69, 9.17) is 14.2 Å². The maximum atomic E-state index is 12.4. The van der Waals surface area contributed by atoms with Gasteiger partial charge in [-0.1, -0.05) is 40.5 Å². The van der Waals surface area contributed by atoms with Crippen LogP contribution >= 0.6 is 0 Å². The van der Waals surface area contributed by atoms with E-state index in [0.29, 0.717) is 19.3 Å². The van der Waals surface area contributed by atoms with Gasteiger partial charge in [0.15, 0.2) is 0 Å². The molecule has 0 aliphatic rings. The summed E-state index contributed by atoms with van der Waals surface area (Å²) in [4.78, 5) is 37.7. The van der Waals surface area contributed by atoms with Crippen molar-refractivity contribution in [1.29, 1.82) is 0 Å². The van der Waals surface area contributed by atoms with E-state index in [1.165, 1.54) is 14.2 Å². The van der Waals surface area contributed by atoms with Crippen molar-refractivity contribution < 1.29 is 28.6 Å². The molecular formula is C27H51NO6. The van der Waals surface area contributed by atoms with Crippen molar-refractivity contribution in [3.8, 4) is 0 Å². The molecule has 0 rings (SSSR count). The third-order valence-electron chi connectivity index (χ3n) is 6.24. The minimum atomic E-state index is -0.176. The number of unbranched alkanes of at least 4 members (excludes halogenated alkanes) is 2. The van der Waals surface area contributed by atoms with E-state index in [0.717, 1.165) is 64.3 Å². The van der Waals surface area contributed by atoms with Crippen LogP contribution in [0.1, 0.15) is 105 Å². The Morgan fingerprint density at radius 2 is 1.15 bits per heavy atom. The molecule has 0 spiro atoms. The molecule has 0 saturated carbocycles. The molecule has 0 atom stereocenters. The zero-order valence-corrected chi connectivity index (χ0v) is 23.2. The van der Waals surface area contributed by atoms with Gasteiger partial charge in [-0.05, 0) is 76.4 Å². The number of methoxy groups -OCH3 is 2. The summed E-state index contributed by atoms with van der Waals surface area (Å²) in [6.07, 6.45) is 9.34. The summed E-state index contributed by atoms with van der Waals surface area (Å²) < 4.78 is 15.5. The van der Waals surface area contributed by atoms with Gasteiger partial charge in [-0.3, -0.25) is 14.4 Å². The van der Waals surface area contributed by atoms with Crippen molar-refractivity contribution in [2.45, 2.75) is 111 Å². The van der Waals surface area contributed by atoms with E-state index in [-0.39, 0.29) is 34.8 Å². The summed E-state index contributed by atoms with van der Waals surface area (Å²) in [6.45, 7) is 9.21. The molecule has 0 heterocycles. The van der Waals surface area contributed by atoms with Crippen LogP contribution in [0.25, 0.3) is 0 Å². The van der Waals surface area contributed by atoms with Crippen molar-refractivity contribution >= 4 is 17.9 Å². The van der Waals surface area contributed by atoms with E-state index >= 15 is 0 Å². The molecule has 34 heavy (non-hydrogen) atoms. The summed E-state index contributed by atoms with van der Waals surface area (Å²) in [7, 11) is 6.84. The molecule has 0 aromatic carbocycles. The molecular weight excluding hydrogens is 434 g/mol. The lowest BCUT2D eigenvalue weighted by atomic mass is 9.83. The first kappa shape index (κ1) is 32.4. The van der Waals surface area contributed by atoms with Crippen LogP contribution < -0.4 is 0 Å². The second-order valence-electron chi connectivity index (χ2n) is 11.3. The summed E-state index contributed by atoms with van der Waals surface area (Å²) in [5.41, 5.74) is -0.201. The molecule has 0 fully saturated rings. The first-order valence-electron chi connectivity index (χ1n) is 12.8. The van der Waals surface area contributed by atoms with Crippen molar-refractivity contribution in [3.05, 3.63) is 0 Å². The van der Waals surface area contributed by atoms with E-state index in [1.54, 1.807) is 0 Å². The Hall–Kier alpha value is -1.63. The SMILES string of the molecule is COC(=O)CC(C)(C)CCCCC(CCCCC(C)(C)CC(=O)OC)OC(=O)CCCN(C)C. The molecule has 200 valence electrons. The van der Waals surface area contributed by atoms with Gasteiger partial charge in [0, 0.05) is 6.42 Å². The van der Waals surface area contributed by atoms with Crippen molar-refractivity contribution in [2.75, 3.05) is 34.9 Å². The Morgan fingerprint density at radius 1 is 0.706 bits per heavy atom. The van der Waals surface area contributed by atoms with Gasteiger partial charge in [0.2, 0.25) is 0 Å². The van der Waals surface area contributed by atoms with Crippen molar-refractivity contribution in [1.82, 2.24) is 4.90 Å². The lowest BCUT2D eigenvalue weighted by Gasteiger charge is -2.25. The number of carbonyl (C=O) groups excluding carboxylic acids is 3. The topological polar surface area (TPSA) is 82.1 Å². The second-order valence-corrected chi connectivity index (χ2v) is 11.3. The fourth-order valence-electron chi connectivity index (χ4n) is 4.10. The number of nitrogens with zero attached hydrogens (tertiary/aromatic N) is 1. The Kier molecular flexibility index (Phi) is 16.1. The standard InChI is InChI=1S/C27H51NO6/c1-26(2,20-24(30)32-7)17-11-9-14-22(34-23(29)16-13-19-28(5)6)15-10-12-18-27(3,4)21-25(31)33-8/h22H,9-21H2,1-8H3. The van der Waals surface area contributed by atoms with E-state index in [1.807, 2.05) is 14.1 Å². The maximum Gasteiger partial charge on any atom is 0.306 e. The van der Waals surface area contributed by atoms with Crippen LogP contribution in [0.4, 0.5) is 0 Å². The monoisotopic (exact) mass is 485 g/mol. The molecule has 0 amide bonds. The number of hydrogen-bond acceptors (Lipinski definition) is 7. The first-order valence-corrected chi connectivity index (χ1v) is 12.8. The van der Waals surface area contributed by atoms with Gasteiger partial charge in [-0.15, -0.1) is 0 Å². The predicted molar refractivity (Wildman–Crippen MR) is 135 cm³/mol. The normalized spacial score (nSPS) is 12.2. The number of esters is 3. The zero-order chi connectivity index (χ0) is 26.2. The Balaban J connectivity index is 4.63. The average molecular weight is 486 g/mol. The third-order valence-corrected chi connectivity index (χ3v) is 6.24. The number of carbonyl (C=O) groups is 3. The molecule has 0 saturated heterocycles. The van der Waals surface area contributed by atoms with E-state index in [9.17, 15) is 14.4 Å². The van der Waals surface area contributed by atoms with Crippen LogP contribution in [0.2, 0.25) is 0 Å². The molecule has 0 unspecified atom stereocenters. The van der Waals surface area contributed by atoms with Gasteiger partial charge in [-0.25, -0.2) is 0 Å². The molecule has 0 N–H and O–H groups in total. The Morgan fingerprint density at radius 3 is 1.53 bits per heavy atom. The fourth-order valence-corrected chi connectivity index (χ4v) is 4.10. The summed E-state index contributed by atoms with van der Waals surface area (Å²) in [5, 5.41) is 0. The Labute approximate surface area is 208 Å². The van der Waals surface area contributed by atoms with E-state index in [2.05, 4.69) is 32.6 Å². The number of ether oxygens (including phenoxy) is 3. The minimum absolute atomic E-state index is 0.0840. The predicted octanol–water partition coefficient (Wildman–Crippen LogP) is 5.54. The zero-order valence-electron chi connectivity index (χ0n) is 23.2. The van der Waals surface area contributed by atoms with Gasteiger partial charge >= 0.3 is 17.9 Å². The molecule has 0 radical (unpaired) electrons. The highest BCUT2D eigenvalue weighted by Gasteiger charge is 2.24. The summed E-state index contributed by atoms with van der Waals surface area (Å²) >= 11 is 0. The van der Waals surface area contributed by atoms with Crippen molar-refractivity contribution in [3.63, 3.8) is 0 Å². The molecule has 0 aromatic heterocycles. The highest BCUT2D eigenvalue weighted by Crippen LogP contribution is 2.30. The highest BCUT2D eigenvalue weighted by molar-refractivity contribution is 5.70. The smallest absolute Gasteiger partial charge is 0.306 e. The maximum absolute atomic E-state index is 12.4. The largest absolute Gasteiger partial charge is 0.469 e. The first-order chi connectivity index (χ1) is 15.8. The number of rotatable bonds is 19. The van der Waals surface area contributed by atoms with Crippen molar-refractivity contribution in [2.24, 2.45) is 10.8 Å². The van der Waals surface area contributed by atoms with Crippen LogP contribution in [0.5, 0.6) is 0 Å². The molecule has 0 bridgehead atoms. The van der Waals surface area contributed by atoms with Crippen LogP contribution in [-0.4, -0.2) is 63.8 Å². The van der Waals surface area contributed by atoms with Crippen LogP contribution in [-0.2, 0) is 28.6 Å². The molecule has 7 heteroatoms. The van der Waals surface area contributed by atoms with Gasteiger partial charge < -0.3 is 19.1 Å². The minimum Gasteiger partial charge on any atom is -0.469 e. The highest BCUT2D eigenvalue weighted by atomic mass is 16.5. The number of hydrogen-bond donors (Lipinski definition) is 0. The van der Waals surface area contributed by atoms with E-state index < -0.39 is 0 Å². The quantitative estimate of drug-likeness (QED) is 0.135. The lowest BCUT2D eigenvalue weighted by molar-refractivity contribution is -0.150. The third kappa shape index (κ3) is 17.8. The lowest BCUT2D eigenvalue weighted by Crippen LogP contribution is -2.21.